The van der Waals surface area contributed by atoms with E-state index in [1.165, 1.54) is 16.7 Å². The predicted octanol–water partition coefficient (Wildman–Crippen LogP) is 3.23. The summed E-state index contributed by atoms with van der Waals surface area (Å²) in [6.07, 6.45) is -0.310. The molecule has 2 heterocycles. The summed E-state index contributed by atoms with van der Waals surface area (Å²) in [5.74, 6) is 0.982. The molecule has 2 aromatic rings. The lowest BCUT2D eigenvalue weighted by Gasteiger charge is -2.33. The molecule has 1 N–H and O–H groups in total. The van der Waals surface area contributed by atoms with Gasteiger partial charge in [0.15, 0.2) is 12.6 Å². The van der Waals surface area contributed by atoms with Gasteiger partial charge in [0.05, 0.1) is 0 Å². The fraction of sp³-hybridized carbons (Fsp3) is 0.333. The van der Waals surface area contributed by atoms with Crippen LogP contribution < -0.4 is 10.1 Å². The fourth-order valence-electron chi connectivity index (χ4n) is 2.84. The van der Waals surface area contributed by atoms with Gasteiger partial charge in [-0.15, -0.1) is 0 Å². The highest BCUT2D eigenvalue weighted by atomic mass is 16.9. The van der Waals surface area contributed by atoms with Gasteiger partial charge in [0.2, 0.25) is 0 Å². The van der Waals surface area contributed by atoms with Gasteiger partial charge in [0, 0.05) is 24.2 Å². The number of ether oxygens (including phenoxy) is 3. The Balaban J connectivity index is 1.57. The Morgan fingerprint density at radius 2 is 1.77 bits per heavy atom. The summed E-state index contributed by atoms with van der Waals surface area (Å²) in [6.45, 7) is 4.36. The SMILES string of the molecule is CC1OC(c2ccc(-c3ccc4c(c3)CNCCO4)cc2)O1. The maximum Gasteiger partial charge on any atom is 0.189 e. The molecule has 1 saturated heterocycles. The minimum Gasteiger partial charge on any atom is -0.492 e. The highest BCUT2D eigenvalue weighted by Crippen LogP contribution is 2.33. The first-order chi connectivity index (χ1) is 10.8. The highest BCUT2D eigenvalue weighted by molar-refractivity contribution is 5.66. The molecule has 0 aromatic heterocycles. The number of nitrogens with one attached hydrogen (secondary N) is 1. The second-order valence-corrected chi connectivity index (χ2v) is 5.64. The molecule has 0 amide bonds. The van der Waals surface area contributed by atoms with Crippen molar-refractivity contribution in [2.24, 2.45) is 0 Å². The lowest BCUT2D eigenvalue weighted by atomic mass is 10.0. The van der Waals surface area contributed by atoms with E-state index in [9.17, 15) is 0 Å². The van der Waals surface area contributed by atoms with Crippen LogP contribution in [0.15, 0.2) is 42.5 Å². The van der Waals surface area contributed by atoms with E-state index < -0.39 is 0 Å². The number of rotatable bonds is 2. The van der Waals surface area contributed by atoms with E-state index in [1.807, 2.05) is 6.92 Å². The molecule has 0 bridgehead atoms. The zero-order valence-electron chi connectivity index (χ0n) is 12.5. The number of hydrogen-bond donors (Lipinski definition) is 1. The molecule has 4 nitrogen and oxygen atoms in total. The van der Waals surface area contributed by atoms with Gasteiger partial charge in [-0.2, -0.15) is 0 Å². The van der Waals surface area contributed by atoms with Crippen LogP contribution in [0.25, 0.3) is 11.1 Å². The molecule has 2 aliphatic heterocycles. The zero-order valence-corrected chi connectivity index (χ0v) is 12.5. The normalized spacial score (nSPS) is 23.9. The summed E-state index contributed by atoms with van der Waals surface area (Å²) in [4.78, 5) is 0. The van der Waals surface area contributed by atoms with Crippen LogP contribution in [0.2, 0.25) is 0 Å². The van der Waals surface area contributed by atoms with E-state index in [0.29, 0.717) is 0 Å². The minimum atomic E-state index is -0.214. The van der Waals surface area contributed by atoms with E-state index in [0.717, 1.165) is 31.0 Å². The maximum absolute atomic E-state index is 5.73. The summed E-state index contributed by atoms with van der Waals surface area (Å²) in [5.41, 5.74) is 4.64. The van der Waals surface area contributed by atoms with Gasteiger partial charge < -0.3 is 19.5 Å². The average molecular weight is 297 g/mol. The molecule has 0 atom stereocenters. The van der Waals surface area contributed by atoms with Gasteiger partial charge in [-0.3, -0.25) is 0 Å². The molecular weight excluding hydrogens is 278 g/mol. The molecule has 114 valence electrons. The van der Waals surface area contributed by atoms with Gasteiger partial charge in [0.25, 0.3) is 0 Å². The molecule has 0 aliphatic carbocycles. The zero-order chi connectivity index (χ0) is 14.9. The lowest BCUT2D eigenvalue weighted by molar-refractivity contribution is -0.382. The fourth-order valence-corrected chi connectivity index (χ4v) is 2.84. The van der Waals surface area contributed by atoms with E-state index in [4.69, 9.17) is 14.2 Å². The summed E-state index contributed by atoms with van der Waals surface area (Å²) in [6, 6.07) is 14.7. The third-order valence-corrected chi connectivity index (χ3v) is 4.06. The molecule has 0 spiro atoms. The van der Waals surface area contributed by atoms with E-state index in [2.05, 4.69) is 47.8 Å². The number of benzene rings is 2. The first-order valence-corrected chi connectivity index (χ1v) is 7.67. The number of hydrogen-bond acceptors (Lipinski definition) is 4. The standard InChI is InChI=1S/C18H19NO3/c1-12-21-18(22-12)14-4-2-13(3-5-14)15-6-7-17-16(10-15)11-19-8-9-20-17/h2-7,10,12,18-19H,8-9,11H2,1H3. The molecule has 4 heteroatoms. The van der Waals surface area contributed by atoms with Crippen molar-refractivity contribution in [2.45, 2.75) is 26.0 Å². The Morgan fingerprint density at radius 3 is 2.55 bits per heavy atom. The van der Waals surface area contributed by atoms with Crippen molar-refractivity contribution in [3.05, 3.63) is 53.6 Å². The van der Waals surface area contributed by atoms with Crippen LogP contribution in [-0.2, 0) is 16.0 Å². The highest BCUT2D eigenvalue weighted by Gasteiger charge is 2.28. The van der Waals surface area contributed by atoms with Crippen LogP contribution in [-0.4, -0.2) is 19.4 Å². The quantitative estimate of drug-likeness (QED) is 0.924. The first kappa shape index (κ1) is 13.8. The Hall–Kier alpha value is -1.88. The third kappa shape index (κ3) is 2.61. The van der Waals surface area contributed by atoms with Crippen LogP contribution in [0.3, 0.4) is 0 Å². The molecular formula is C18H19NO3. The second kappa shape index (κ2) is 5.72. The molecule has 2 aromatic carbocycles. The first-order valence-electron chi connectivity index (χ1n) is 7.67. The molecule has 1 fully saturated rings. The van der Waals surface area contributed by atoms with Crippen molar-refractivity contribution < 1.29 is 14.2 Å². The van der Waals surface area contributed by atoms with E-state index in [-0.39, 0.29) is 12.6 Å². The van der Waals surface area contributed by atoms with Crippen molar-refractivity contribution in [1.29, 1.82) is 0 Å². The topological polar surface area (TPSA) is 39.7 Å². The van der Waals surface area contributed by atoms with Crippen molar-refractivity contribution in [2.75, 3.05) is 13.2 Å². The Kier molecular flexibility index (Phi) is 3.58. The van der Waals surface area contributed by atoms with Gasteiger partial charge >= 0.3 is 0 Å². The van der Waals surface area contributed by atoms with Crippen LogP contribution in [0.5, 0.6) is 5.75 Å². The molecule has 4 rings (SSSR count). The van der Waals surface area contributed by atoms with Gasteiger partial charge in [-0.05, 0) is 30.2 Å². The Bertz CT molecular complexity index is 663. The van der Waals surface area contributed by atoms with Crippen LogP contribution >= 0.6 is 0 Å². The van der Waals surface area contributed by atoms with Gasteiger partial charge in [-0.25, -0.2) is 0 Å². The summed E-state index contributed by atoms with van der Waals surface area (Å²) in [7, 11) is 0. The smallest absolute Gasteiger partial charge is 0.189 e. The summed E-state index contributed by atoms with van der Waals surface area (Å²) in [5, 5.41) is 3.37. The van der Waals surface area contributed by atoms with Crippen LogP contribution in [0, 0.1) is 0 Å². The molecule has 0 saturated carbocycles. The largest absolute Gasteiger partial charge is 0.492 e. The monoisotopic (exact) mass is 297 g/mol. The molecule has 0 unspecified atom stereocenters. The molecule has 2 aliphatic rings. The average Bonchev–Trinajstić information content (AvgIpc) is 2.76. The van der Waals surface area contributed by atoms with E-state index in [1.54, 1.807) is 0 Å². The van der Waals surface area contributed by atoms with E-state index >= 15 is 0 Å². The van der Waals surface area contributed by atoms with Gasteiger partial charge in [0.1, 0.15) is 12.4 Å². The van der Waals surface area contributed by atoms with Crippen LogP contribution in [0.1, 0.15) is 24.3 Å². The summed E-state index contributed by atoms with van der Waals surface area (Å²) < 4.78 is 16.8. The van der Waals surface area contributed by atoms with Crippen molar-refractivity contribution in [3.63, 3.8) is 0 Å². The summed E-state index contributed by atoms with van der Waals surface area (Å²) >= 11 is 0. The third-order valence-electron chi connectivity index (χ3n) is 4.06. The molecule has 22 heavy (non-hydrogen) atoms. The van der Waals surface area contributed by atoms with Gasteiger partial charge in [-0.1, -0.05) is 30.3 Å². The number of fused-ring (bicyclic) bond motifs is 1. The van der Waals surface area contributed by atoms with Crippen molar-refractivity contribution in [1.82, 2.24) is 5.32 Å². The predicted molar refractivity (Wildman–Crippen MR) is 83.5 cm³/mol. The Labute approximate surface area is 130 Å². The minimum absolute atomic E-state index is 0.0956. The van der Waals surface area contributed by atoms with Crippen molar-refractivity contribution >= 4 is 0 Å². The molecule has 0 radical (unpaired) electrons. The second-order valence-electron chi connectivity index (χ2n) is 5.64. The maximum atomic E-state index is 5.73. The lowest BCUT2D eigenvalue weighted by Crippen LogP contribution is -2.31. The Morgan fingerprint density at radius 1 is 1.00 bits per heavy atom. The van der Waals surface area contributed by atoms with Crippen LogP contribution in [0.4, 0.5) is 0 Å². The van der Waals surface area contributed by atoms with Crippen molar-refractivity contribution in [3.8, 4) is 16.9 Å².